The molecule has 2 aliphatic rings. The Morgan fingerprint density at radius 1 is 1.19 bits per heavy atom. The minimum Gasteiger partial charge on any atom is -0.381 e. The molecule has 4 rings (SSSR count). The maximum absolute atomic E-state index is 14.2. The zero-order valence-electron chi connectivity index (χ0n) is 17.1. The number of anilines is 3. The van der Waals surface area contributed by atoms with E-state index < -0.39 is 11.6 Å². The monoisotopic (exact) mass is 432 g/mol. The van der Waals surface area contributed by atoms with Gasteiger partial charge in [0.05, 0.1) is 24.2 Å². The maximum Gasteiger partial charge on any atom is 0.210 e. The average Bonchev–Trinajstić information content (AvgIpc) is 3.38. The van der Waals surface area contributed by atoms with Crippen LogP contribution < -0.4 is 16.0 Å². The van der Waals surface area contributed by atoms with Crippen molar-refractivity contribution in [2.24, 2.45) is 0 Å². The highest BCUT2D eigenvalue weighted by Crippen LogP contribution is 2.33. The van der Waals surface area contributed by atoms with Crippen LogP contribution >= 0.6 is 0 Å². The minimum absolute atomic E-state index is 0.0643. The lowest BCUT2D eigenvalue weighted by Crippen LogP contribution is -2.36. The Balaban J connectivity index is 1.63. The summed E-state index contributed by atoms with van der Waals surface area (Å²) >= 11 is 0. The van der Waals surface area contributed by atoms with Crippen molar-refractivity contribution in [1.29, 1.82) is 5.41 Å². The van der Waals surface area contributed by atoms with Gasteiger partial charge in [-0.25, -0.2) is 13.8 Å². The van der Waals surface area contributed by atoms with Crippen molar-refractivity contribution in [3.05, 3.63) is 47.9 Å². The fraction of sp³-hybridized carbons (Fsp3) is 0.429. The topological polar surface area (TPSA) is 96.2 Å². The smallest absolute Gasteiger partial charge is 0.210 e. The van der Waals surface area contributed by atoms with Crippen molar-refractivity contribution in [2.75, 3.05) is 37.1 Å². The number of nitrogens with zero attached hydrogens (tertiary/aromatic N) is 2. The van der Waals surface area contributed by atoms with Crippen LogP contribution in [0.3, 0.4) is 0 Å². The van der Waals surface area contributed by atoms with Gasteiger partial charge in [-0.15, -0.1) is 0 Å². The maximum atomic E-state index is 14.2. The molecule has 0 bridgehead atoms. The number of benzene rings is 1. The predicted octanol–water partition coefficient (Wildman–Crippen LogP) is 3.52. The second-order valence-corrected chi connectivity index (χ2v) is 7.58. The molecule has 0 radical (unpaired) electrons. The second-order valence-electron chi connectivity index (χ2n) is 7.58. The molecule has 0 unspecified atom stereocenters. The summed E-state index contributed by atoms with van der Waals surface area (Å²) in [5.74, 6) is 0.0814. The average molecular weight is 432 g/mol. The van der Waals surface area contributed by atoms with Gasteiger partial charge in [-0.05, 0) is 31.4 Å². The fourth-order valence-electron chi connectivity index (χ4n) is 3.82. The lowest BCUT2D eigenvalue weighted by Gasteiger charge is -2.26. The van der Waals surface area contributed by atoms with Gasteiger partial charge in [-0.1, -0.05) is 6.58 Å². The molecule has 3 heterocycles. The first-order chi connectivity index (χ1) is 15.0. The Morgan fingerprint density at radius 3 is 2.65 bits per heavy atom. The fourth-order valence-corrected chi connectivity index (χ4v) is 3.82. The van der Waals surface area contributed by atoms with Crippen LogP contribution in [0.5, 0.6) is 0 Å². The molecule has 1 aromatic carbocycles. The van der Waals surface area contributed by atoms with Gasteiger partial charge in [0.25, 0.3) is 0 Å². The second kappa shape index (κ2) is 9.44. The Hall–Kier alpha value is -2.98. The van der Waals surface area contributed by atoms with Gasteiger partial charge in [0.15, 0.2) is 0 Å². The lowest BCUT2D eigenvalue weighted by molar-refractivity contribution is 0.0805. The van der Waals surface area contributed by atoms with Crippen molar-refractivity contribution in [3.8, 4) is 0 Å². The summed E-state index contributed by atoms with van der Waals surface area (Å²) in [5.41, 5.74) is 0.459. The summed E-state index contributed by atoms with van der Waals surface area (Å²) in [5, 5.41) is 17.4. The van der Waals surface area contributed by atoms with E-state index in [-0.39, 0.29) is 17.8 Å². The summed E-state index contributed by atoms with van der Waals surface area (Å²) in [4.78, 5) is 4.47. The highest BCUT2D eigenvalue weighted by Gasteiger charge is 2.27. The zero-order chi connectivity index (χ0) is 21.8. The molecule has 2 fully saturated rings. The minimum atomic E-state index is -0.728. The first-order valence-electron chi connectivity index (χ1n) is 10.3. The number of rotatable bonds is 8. The molecule has 2 aromatic rings. The summed E-state index contributed by atoms with van der Waals surface area (Å²) in [6.45, 7) is 6.52. The van der Waals surface area contributed by atoms with Gasteiger partial charge >= 0.3 is 0 Å². The Kier molecular flexibility index (Phi) is 6.47. The molecule has 0 aliphatic carbocycles. The molecule has 4 N–H and O–H groups in total. The Morgan fingerprint density at radius 2 is 1.97 bits per heavy atom. The van der Waals surface area contributed by atoms with Crippen LogP contribution in [0.25, 0.3) is 0 Å². The molecule has 2 aliphatic heterocycles. The molecule has 8 nitrogen and oxygen atoms in total. The van der Waals surface area contributed by atoms with Crippen LogP contribution in [0.4, 0.5) is 26.2 Å². The third kappa shape index (κ3) is 4.86. The van der Waals surface area contributed by atoms with E-state index in [4.69, 9.17) is 14.9 Å². The molecular weight excluding hydrogens is 406 g/mol. The summed E-state index contributed by atoms with van der Waals surface area (Å²) < 4.78 is 40.3. The first kappa shape index (κ1) is 21.3. The number of hydrogen-bond donors (Lipinski definition) is 4. The molecular formula is C21H26F2N6O2. The van der Waals surface area contributed by atoms with Gasteiger partial charge in [0.2, 0.25) is 5.95 Å². The van der Waals surface area contributed by atoms with Crippen molar-refractivity contribution in [2.45, 2.75) is 31.3 Å². The number of aromatic nitrogens is 2. The van der Waals surface area contributed by atoms with Crippen LogP contribution in [0, 0.1) is 17.0 Å². The quantitative estimate of drug-likeness (QED) is 0.477. The van der Waals surface area contributed by atoms with Crippen molar-refractivity contribution >= 4 is 23.7 Å². The Labute approximate surface area is 179 Å². The SMILES string of the molecule is C=C(Nc1c(C=N)nc(Nc2ccc(F)cc2F)n1[C@@H]1CCOC1)NC1CCOCC1. The van der Waals surface area contributed by atoms with E-state index in [1.807, 2.05) is 4.57 Å². The van der Waals surface area contributed by atoms with E-state index in [2.05, 4.69) is 27.5 Å². The van der Waals surface area contributed by atoms with E-state index in [0.29, 0.717) is 49.7 Å². The molecule has 31 heavy (non-hydrogen) atoms. The van der Waals surface area contributed by atoms with Crippen LogP contribution in [0.1, 0.15) is 31.0 Å². The van der Waals surface area contributed by atoms with Gasteiger partial charge in [-0.3, -0.25) is 4.57 Å². The summed E-state index contributed by atoms with van der Waals surface area (Å²) in [6, 6.07) is 3.48. The largest absolute Gasteiger partial charge is 0.381 e. The Bertz CT molecular complexity index is 952. The number of nitrogens with one attached hydrogen (secondary N) is 4. The molecule has 1 atom stereocenters. The van der Waals surface area contributed by atoms with Gasteiger partial charge in [0.1, 0.15) is 23.1 Å². The summed E-state index contributed by atoms with van der Waals surface area (Å²) in [7, 11) is 0. The molecule has 2 saturated heterocycles. The van der Waals surface area contributed by atoms with Gasteiger partial charge in [-0.2, -0.15) is 0 Å². The third-order valence-electron chi connectivity index (χ3n) is 5.39. The van der Waals surface area contributed by atoms with E-state index >= 15 is 0 Å². The molecule has 0 spiro atoms. The molecule has 0 amide bonds. The highest BCUT2D eigenvalue weighted by atomic mass is 19.1. The third-order valence-corrected chi connectivity index (χ3v) is 5.39. The summed E-state index contributed by atoms with van der Waals surface area (Å²) in [6.07, 6.45) is 3.63. The van der Waals surface area contributed by atoms with Crippen LogP contribution in [0.15, 0.2) is 30.6 Å². The predicted molar refractivity (Wildman–Crippen MR) is 114 cm³/mol. The number of hydrogen-bond acceptors (Lipinski definition) is 7. The van der Waals surface area contributed by atoms with Crippen molar-refractivity contribution < 1.29 is 18.3 Å². The number of halogens is 2. The van der Waals surface area contributed by atoms with E-state index in [1.54, 1.807) is 0 Å². The van der Waals surface area contributed by atoms with E-state index in [1.165, 1.54) is 12.1 Å². The molecule has 10 heteroatoms. The van der Waals surface area contributed by atoms with Gasteiger partial charge < -0.3 is 30.8 Å². The molecule has 166 valence electrons. The standard InChI is InChI=1S/C21H26F2N6O2/c1-13(25-15-4-7-30-8-5-15)26-20-19(11-24)28-21(29(20)16-6-9-31-12-16)27-18-3-2-14(22)10-17(18)23/h2-3,10-11,15-16,24-26H,1,4-9,12H2,(H,27,28)/t16-/m1/s1. The van der Waals surface area contributed by atoms with Crippen LogP contribution in [-0.2, 0) is 9.47 Å². The van der Waals surface area contributed by atoms with Gasteiger partial charge in [0, 0.05) is 38.1 Å². The van der Waals surface area contributed by atoms with Crippen molar-refractivity contribution in [3.63, 3.8) is 0 Å². The number of imidazole rings is 1. The van der Waals surface area contributed by atoms with E-state index in [0.717, 1.165) is 31.5 Å². The van der Waals surface area contributed by atoms with Crippen LogP contribution in [0.2, 0.25) is 0 Å². The zero-order valence-corrected chi connectivity index (χ0v) is 17.1. The molecule has 1 aromatic heterocycles. The lowest BCUT2D eigenvalue weighted by atomic mass is 10.1. The first-order valence-corrected chi connectivity index (χ1v) is 10.3. The highest BCUT2D eigenvalue weighted by molar-refractivity contribution is 5.84. The van der Waals surface area contributed by atoms with E-state index in [9.17, 15) is 8.78 Å². The number of ether oxygens (including phenoxy) is 2. The normalized spacial score (nSPS) is 19.2. The molecule has 0 saturated carbocycles. The van der Waals surface area contributed by atoms with Crippen molar-refractivity contribution in [1.82, 2.24) is 14.9 Å². The van der Waals surface area contributed by atoms with Crippen LogP contribution in [-0.4, -0.2) is 48.2 Å².